The van der Waals surface area contributed by atoms with Crippen LogP contribution in [0, 0.1) is 0 Å². The van der Waals surface area contributed by atoms with Gasteiger partial charge in [-0.1, -0.05) is 30.3 Å². The summed E-state index contributed by atoms with van der Waals surface area (Å²) in [6.07, 6.45) is 3.61. The number of nitrogens with zero attached hydrogens (tertiary/aromatic N) is 1. The molecule has 1 unspecified atom stereocenters. The first-order valence-electron chi connectivity index (χ1n) is 9.48. The van der Waals surface area contributed by atoms with Gasteiger partial charge in [0.15, 0.2) is 0 Å². The molecule has 0 radical (unpaired) electrons. The van der Waals surface area contributed by atoms with Crippen LogP contribution in [0.15, 0.2) is 54.6 Å². The number of hydrogen-bond donors (Lipinski definition) is 0. The van der Waals surface area contributed by atoms with E-state index in [4.69, 9.17) is 14.2 Å². The molecule has 140 valence electrons. The summed E-state index contributed by atoms with van der Waals surface area (Å²) in [5.74, 6) is 1.84. The van der Waals surface area contributed by atoms with Gasteiger partial charge in [0.25, 0.3) is 0 Å². The molecule has 4 nitrogen and oxygen atoms in total. The Kier molecular flexibility index (Phi) is 7.35. The summed E-state index contributed by atoms with van der Waals surface area (Å²) in [6.45, 7) is 4.13. The molecule has 1 fully saturated rings. The van der Waals surface area contributed by atoms with Crippen LogP contribution in [-0.2, 0) is 11.2 Å². The van der Waals surface area contributed by atoms with Crippen LogP contribution in [0.25, 0.3) is 0 Å². The molecule has 0 bridgehead atoms. The first kappa shape index (κ1) is 18.7. The molecule has 1 saturated heterocycles. The van der Waals surface area contributed by atoms with Crippen molar-refractivity contribution in [1.82, 2.24) is 4.90 Å². The molecule has 0 amide bonds. The lowest BCUT2D eigenvalue weighted by atomic mass is 10.0. The Bertz CT molecular complexity index is 647. The van der Waals surface area contributed by atoms with E-state index in [0.29, 0.717) is 19.3 Å². The number of benzene rings is 2. The van der Waals surface area contributed by atoms with Gasteiger partial charge in [-0.3, -0.25) is 4.90 Å². The van der Waals surface area contributed by atoms with Gasteiger partial charge < -0.3 is 14.2 Å². The molecule has 0 aliphatic carbocycles. The molecular formula is C22H29NO3. The smallest absolute Gasteiger partial charge is 0.119 e. The van der Waals surface area contributed by atoms with E-state index in [1.807, 2.05) is 36.4 Å². The Balaban J connectivity index is 1.34. The zero-order valence-electron chi connectivity index (χ0n) is 15.6. The highest BCUT2D eigenvalue weighted by Gasteiger charge is 2.24. The van der Waals surface area contributed by atoms with Gasteiger partial charge in [-0.05, 0) is 55.6 Å². The molecule has 1 aliphatic heterocycles. The fourth-order valence-electron chi connectivity index (χ4n) is 3.51. The molecule has 0 aromatic heterocycles. The van der Waals surface area contributed by atoms with E-state index in [1.165, 1.54) is 24.9 Å². The molecule has 0 saturated carbocycles. The predicted molar refractivity (Wildman–Crippen MR) is 104 cm³/mol. The zero-order chi connectivity index (χ0) is 18.0. The van der Waals surface area contributed by atoms with Gasteiger partial charge in [-0.2, -0.15) is 0 Å². The van der Waals surface area contributed by atoms with Crippen molar-refractivity contribution >= 4 is 0 Å². The maximum absolute atomic E-state index is 5.77. The Labute approximate surface area is 156 Å². The average Bonchev–Trinajstić information content (AvgIpc) is 3.12. The number of likely N-dealkylation sites (tertiary alicyclic amines) is 1. The summed E-state index contributed by atoms with van der Waals surface area (Å²) in [5, 5.41) is 0. The third kappa shape index (κ3) is 5.75. The van der Waals surface area contributed by atoms with Crippen LogP contribution >= 0.6 is 0 Å². The number of ether oxygens (including phenoxy) is 3. The summed E-state index contributed by atoms with van der Waals surface area (Å²) >= 11 is 0. The maximum Gasteiger partial charge on any atom is 0.119 e. The Morgan fingerprint density at radius 2 is 1.81 bits per heavy atom. The van der Waals surface area contributed by atoms with Crippen LogP contribution in [0.4, 0.5) is 0 Å². The second-order valence-corrected chi connectivity index (χ2v) is 6.66. The van der Waals surface area contributed by atoms with Crippen molar-refractivity contribution in [2.45, 2.75) is 25.3 Å². The Morgan fingerprint density at radius 1 is 0.962 bits per heavy atom. The highest BCUT2D eigenvalue weighted by atomic mass is 16.5. The van der Waals surface area contributed by atoms with Crippen LogP contribution in [0.5, 0.6) is 11.5 Å². The summed E-state index contributed by atoms with van der Waals surface area (Å²) < 4.78 is 16.8. The largest absolute Gasteiger partial charge is 0.497 e. The van der Waals surface area contributed by atoms with Crippen molar-refractivity contribution in [1.29, 1.82) is 0 Å². The third-order valence-corrected chi connectivity index (χ3v) is 4.87. The summed E-state index contributed by atoms with van der Waals surface area (Å²) in [7, 11) is 1.72. The molecule has 0 N–H and O–H groups in total. The predicted octanol–water partition coefficient (Wildman–Crippen LogP) is 3.80. The van der Waals surface area contributed by atoms with E-state index in [9.17, 15) is 0 Å². The number of rotatable bonds is 10. The van der Waals surface area contributed by atoms with Crippen molar-refractivity contribution < 1.29 is 14.2 Å². The fraction of sp³-hybridized carbons (Fsp3) is 0.455. The maximum atomic E-state index is 5.77. The topological polar surface area (TPSA) is 30.9 Å². The fourth-order valence-corrected chi connectivity index (χ4v) is 3.51. The van der Waals surface area contributed by atoms with Gasteiger partial charge in [0, 0.05) is 12.6 Å². The summed E-state index contributed by atoms with van der Waals surface area (Å²) in [5.41, 5.74) is 1.35. The van der Waals surface area contributed by atoms with Crippen molar-refractivity contribution in [2.75, 3.05) is 40.0 Å². The van der Waals surface area contributed by atoms with Gasteiger partial charge in [0.2, 0.25) is 0 Å². The molecule has 1 heterocycles. The minimum absolute atomic E-state index is 0.594. The van der Waals surface area contributed by atoms with Gasteiger partial charge >= 0.3 is 0 Å². The van der Waals surface area contributed by atoms with E-state index >= 15 is 0 Å². The molecule has 2 aromatic carbocycles. The van der Waals surface area contributed by atoms with Crippen molar-refractivity contribution in [3.8, 4) is 11.5 Å². The molecule has 0 spiro atoms. The number of para-hydroxylation sites is 1. The van der Waals surface area contributed by atoms with Gasteiger partial charge in [0.05, 0.1) is 20.3 Å². The van der Waals surface area contributed by atoms with E-state index in [0.717, 1.165) is 31.1 Å². The second kappa shape index (κ2) is 10.2. The Morgan fingerprint density at radius 3 is 2.65 bits per heavy atom. The minimum Gasteiger partial charge on any atom is -0.497 e. The van der Waals surface area contributed by atoms with Crippen LogP contribution in [0.2, 0.25) is 0 Å². The molecule has 2 aromatic rings. The molecular weight excluding hydrogens is 326 g/mol. The Hall–Kier alpha value is -2.04. The highest BCUT2D eigenvalue weighted by Crippen LogP contribution is 2.22. The van der Waals surface area contributed by atoms with E-state index in [-0.39, 0.29) is 0 Å². The van der Waals surface area contributed by atoms with Gasteiger partial charge in [-0.15, -0.1) is 0 Å². The van der Waals surface area contributed by atoms with Crippen molar-refractivity contribution in [3.63, 3.8) is 0 Å². The quantitative estimate of drug-likeness (QED) is 0.607. The number of hydrogen-bond acceptors (Lipinski definition) is 4. The molecule has 3 rings (SSSR count). The first-order chi connectivity index (χ1) is 12.8. The monoisotopic (exact) mass is 355 g/mol. The number of methoxy groups -OCH3 is 1. The SMILES string of the molecule is COc1cccc(CC2CCCN2CCOCCOc2ccccc2)c1. The molecule has 4 heteroatoms. The lowest BCUT2D eigenvalue weighted by molar-refractivity contribution is 0.0767. The zero-order valence-corrected chi connectivity index (χ0v) is 15.6. The highest BCUT2D eigenvalue weighted by molar-refractivity contribution is 5.29. The molecule has 1 atom stereocenters. The lowest BCUT2D eigenvalue weighted by Gasteiger charge is -2.24. The second-order valence-electron chi connectivity index (χ2n) is 6.66. The molecule has 1 aliphatic rings. The van der Waals surface area contributed by atoms with Gasteiger partial charge in [0.1, 0.15) is 18.1 Å². The van der Waals surface area contributed by atoms with Crippen molar-refractivity contribution in [2.24, 2.45) is 0 Å². The van der Waals surface area contributed by atoms with E-state index < -0.39 is 0 Å². The van der Waals surface area contributed by atoms with Crippen LogP contribution in [0.1, 0.15) is 18.4 Å². The average molecular weight is 355 g/mol. The van der Waals surface area contributed by atoms with Crippen LogP contribution in [0.3, 0.4) is 0 Å². The van der Waals surface area contributed by atoms with Crippen LogP contribution < -0.4 is 9.47 Å². The lowest BCUT2D eigenvalue weighted by Crippen LogP contribution is -2.34. The van der Waals surface area contributed by atoms with Crippen molar-refractivity contribution in [3.05, 3.63) is 60.2 Å². The summed E-state index contributed by atoms with van der Waals surface area (Å²) in [6, 6.07) is 18.9. The van der Waals surface area contributed by atoms with Crippen LogP contribution in [-0.4, -0.2) is 51.0 Å². The van der Waals surface area contributed by atoms with Gasteiger partial charge in [-0.25, -0.2) is 0 Å². The normalized spacial score (nSPS) is 17.3. The van der Waals surface area contributed by atoms with E-state index in [1.54, 1.807) is 7.11 Å². The molecule has 26 heavy (non-hydrogen) atoms. The standard InChI is InChI=1S/C22H29NO3/c1-24-22-11-5-7-19(18-22)17-20-8-6-12-23(20)13-14-25-15-16-26-21-9-3-2-4-10-21/h2-5,7,9-11,18,20H,6,8,12-17H2,1H3. The summed E-state index contributed by atoms with van der Waals surface area (Å²) in [4.78, 5) is 2.55. The minimum atomic E-state index is 0.594. The first-order valence-corrected chi connectivity index (χ1v) is 9.48. The third-order valence-electron chi connectivity index (χ3n) is 4.87. The van der Waals surface area contributed by atoms with E-state index in [2.05, 4.69) is 23.1 Å².